The molecule has 0 atom stereocenters. The summed E-state index contributed by atoms with van der Waals surface area (Å²) in [5, 5.41) is 7.95. The van der Waals surface area contributed by atoms with Crippen LogP contribution in [0.1, 0.15) is 11.1 Å². The average molecular weight is 383 g/mol. The number of rotatable bonds is 7. The molecule has 3 rings (SSSR count). The number of hydrogen-bond acceptors (Lipinski definition) is 3. The number of benzene rings is 2. The van der Waals surface area contributed by atoms with Crippen LogP contribution in [0.3, 0.4) is 0 Å². The molecule has 0 unspecified atom stereocenters. The van der Waals surface area contributed by atoms with Gasteiger partial charge in [-0.3, -0.25) is 4.79 Å². The number of nitrogens with one attached hydrogen (secondary N) is 1. The molecule has 0 saturated heterocycles. The van der Waals surface area contributed by atoms with Gasteiger partial charge in [-0.2, -0.15) is 0 Å². The summed E-state index contributed by atoms with van der Waals surface area (Å²) >= 11 is 0. The summed E-state index contributed by atoms with van der Waals surface area (Å²) in [6.45, 7) is 0.481. The minimum Gasteiger partial charge on any atom is -0.355 e. The van der Waals surface area contributed by atoms with E-state index in [2.05, 4.69) is 5.32 Å². The van der Waals surface area contributed by atoms with E-state index < -0.39 is 10.0 Å². The van der Waals surface area contributed by atoms with Crippen LogP contribution < -0.4 is 10.5 Å². The second-order valence-corrected chi connectivity index (χ2v) is 7.78. The van der Waals surface area contributed by atoms with Crippen molar-refractivity contribution in [2.45, 2.75) is 17.7 Å². The number of carbonyl (C=O) groups excluding carboxylic acids is 1. The first kappa shape index (κ1) is 18.9. The SMILES string of the molecule is NS(=O)(=O)c1ccc(CCNC(=O)Cc2ccc(-n3cccc3)cc2)cc1. The largest absolute Gasteiger partial charge is 0.355 e. The van der Waals surface area contributed by atoms with Crippen molar-refractivity contribution in [1.82, 2.24) is 9.88 Å². The van der Waals surface area contributed by atoms with E-state index in [9.17, 15) is 13.2 Å². The molecular formula is C20H21N3O3S. The van der Waals surface area contributed by atoms with E-state index in [0.29, 0.717) is 19.4 Å². The normalized spacial score (nSPS) is 11.3. The molecule has 27 heavy (non-hydrogen) atoms. The lowest BCUT2D eigenvalue weighted by molar-refractivity contribution is -0.120. The Morgan fingerprint density at radius 2 is 1.52 bits per heavy atom. The summed E-state index contributed by atoms with van der Waals surface area (Å²) in [4.78, 5) is 12.2. The van der Waals surface area contributed by atoms with Gasteiger partial charge in [0.2, 0.25) is 15.9 Å². The molecule has 1 heterocycles. The lowest BCUT2D eigenvalue weighted by atomic mass is 10.1. The van der Waals surface area contributed by atoms with Gasteiger partial charge in [0, 0.05) is 24.6 Å². The second-order valence-electron chi connectivity index (χ2n) is 6.22. The highest BCUT2D eigenvalue weighted by Gasteiger charge is 2.07. The monoisotopic (exact) mass is 383 g/mol. The van der Waals surface area contributed by atoms with Gasteiger partial charge in [0.15, 0.2) is 0 Å². The third-order valence-corrected chi connectivity index (χ3v) is 5.12. The van der Waals surface area contributed by atoms with Crippen molar-refractivity contribution in [3.05, 3.63) is 84.2 Å². The molecule has 6 nitrogen and oxygen atoms in total. The topological polar surface area (TPSA) is 94.2 Å². The van der Waals surface area contributed by atoms with Crippen LogP contribution in [-0.4, -0.2) is 25.4 Å². The number of sulfonamides is 1. The van der Waals surface area contributed by atoms with E-state index in [0.717, 1.165) is 16.8 Å². The summed E-state index contributed by atoms with van der Waals surface area (Å²) in [5.41, 5.74) is 2.92. The Kier molecular flexibility index (Phi) is 5.73. The predicted molar refractivity (Wildman–Crippen MR) is 104 cm³/mol. The van der Waals surface area contributed by atoms with Gasteiger partial charge in [0.05, 0.1) is 11.3 Å². The highest BCUT2D eigenvalue weighted by Crippen LogP contribution is 2.11. The molecule has 0 bridgehead atoms. The molecule has 0 aliphatic heterocycles. The van der Waals surface area contributed by atoms with E-state index >= 15 is 0 Å². The molecule has 0 spiro atoms. The van der Waals surface area contributed by atoms with Gasteiger partial charge in [0.1, 0.15) is 0 Å². The minimum atomic E-state index is -3.68. The average Bonchev–Trinajstić information content (AvgIpc) is 3.17. The Bertz CT molecular complexity index is 994. The van der Waals surface area contributed by atoms with Crippen LogP contribution in [0.15, 0.2) is 78.0 Å². The minimum absolute atomic E-state index is 0.0510. The maximum Gasteiger partial charge on any atom is 0.238 e. The van der Waals surface area contributed by atoms with Crippen molar-refractivity contribution in [3.8, 4) is 5.69 Å². The number of amides is 1. The van der Waals surface area contributed by atoms with Crippen LogP contribution in [0.2, 0.25) is 0 Å². The van der Waals surface area contributed by atoms with Crippen molar-refractivity contribution in [2.75, 3.05) is 6.54 Å². The van der Waals surface area contributed by atoms with Gasteiger partial charge in [-0.05, 0) is 53.9 Å². The van der Waals surface area contributed by atoms with Gasteiger partial charge in [-0.1, -0.05) is 24.3 Å². The Morgan fingerprint density at radius 1 is 0.926 bits per heavy atom. The van der Waals surface area contributed by atoms with Gasteiger partial charge >= 0.3 is 0 Å². The standard InChI is InChI=1S/C20H21N3O3S/c21-27(25,26)19-9-5-16(6-10-19)11-12-22-20(24)15-17-3-7-18(8-4-17)23-13-1-2-14-23/h1-10,13-14H,11-12,15H2,(H,22,24)(H2,21,25,26). The maximum atomic E-state index is 12.1. The molecule has 0 aliphatic rings. The first-order valence-corrected chi connectivity index (χ1v) is 10.1. The zero-order valence-corrected chi connectivity index (χ0v) is 15.5. The first-order chi connectivity index (χ1) is 12.9. The number of hydrogen-bond donors (Lipinski definition) is 2. The number of carbonyl (C=O) groups is 1. The second kappa shape index (κ2) is 8.20. The zero-order chi connectivity index (χ0) is 19.3. The molecule has 0 saturated carbocycles. The summed E-state index contributed by atoms with van der Waals surface area (Å²) in [6.07, 6.45) is 4.87. The predicted octanol–water partition coefficient (Wildman–Crippen LogP) is 2.03. The van der Waals surface area contributed by atoms with Crippen molar-refractivity contribution >= 4 is 15.9 Å². The zero-order valence-electron chi connectivity index (χ0n) is 14.7. The van der Waals surface area contributed by atoms with Crippen molar-refractivity contribution in [1.29, 1.82) is 0 Å². The smallest absolute Gasteiger partial charge is 0.238 e. The number of nitrogens with two attached hydrogens (primary N) is 1. The molecule has 3 aromatic rings. The summed E-state index contributed by atoms with van der Waals surface area (Å²) in [7, 11) is -3.68. The van der Waals surface area contributed by atoms with E-state index in [1.54, 1.807) is 12.1 Å². The Balaban J connectivity index is 1.47. The van der Waals surface area contributed by atoms with Crippen LogP contribution in [0.25, 0.3) is 5.69 Å². The molecule has 1 aromatic heterocycles. The van der Waals surface area contributed by atoms with Crippen LogP contribution in [0.5, 0.6) is 0 Å². The highest BCUT2D eigenvalue weighted by molar-refractivity contribution is 7.89. The number of nitrogens with zero attached hydrogens (tertiary/aromatic N) is 1. The molecule has 3 N–H and O–H groups in total. The lowest BCUT2D eigenvalue weighted by Gasteiger charge is -2.07. The van der Waals surface area contributed by atoms with E-state index in [1.807, 2.05) is 53.4 Å². The Hall–Kier alpha value is -2.90. The molecular weight excluding hydrogens is 362 g/mol. The van der Waals surface area contributed by atoms with Gasteiger partial charge in [-0.25, -0.2) is 13.6 Å². The quantitative estimate of drug-likeness (QED) is 0.654. The third-order valence-electron chi connectivity index (χ3n) is 4.19. The van der Waals surface area contributed by atoms with Gasteiger partial charge in [0.25, 0.3) is 0 Å². The van der Waals surface area contributed by atoms with Crippen LogP contribution in [0.4, 0.5) is 0 Å². The molecule has 7 heteroatoms. The van der Waals surface area contributed by atoms with E-state index in [4.69, 9.17) is 5.14 Å². The fraction of sp³-hybridized carbons (Fsp3) is 0.150. The molecule has 140 valence electrons. The van der Waals surface area contributed by atoms with Crippen molar-refractivity contribution in [3.63, 3.8) is 0 Å². The maximum absolute atomic E-state index is 12.1. The lowest BCUT2D eigenvalue weighted by Crippen LogP contribution is -2.27. The van der Waals surface area contributed by atoms with Crippen LogP contribution in [0, 0.1) is 0 Å². The highest BCUT2D eigenvalue weighted by atomic mass is 32.2. The van der Waals surface area contributed by atoms with E-state index in [1.165, 1.54) is 12.1 Å². The molecule has 1 amide bonds. The summed E-state index contributed by atoms with van der Waals surface area (Å²) in [5.74, 6) is -0.0510. The molecule has 0 aliphatic carbocycles. The van der Waals surface area contributed by atoms with E-state index in [-0.39, 0.29) is 10.8 Å². The number of primary sulfonamides is 1. The summed E-state index contributed by atoms with van der Waals surface area (Å²) < 4.78 is 24.5. The van der Waals surface area contributed by atoms with Gasteiger partial charge < -0.3 is 9.88 Å². The first-order valence-electron chi connectivity index (χ1n) is 8.52. The number of aromatic nitrogens is 1. The van der Waals surface area contributed by atoms with Crippen molar-refractivity contribution in [2.24, 2.45) is 5.14 Å². The van der Waals surface area contributed by atoms with Crippen LogP contribution in [-0.2, 0) is 27.7 Å². The molecule has 0 radical (unpaired) electrons. The van der Waals surface area contributed by atoms with Crippen LogP contribution >= 0.6 is 0 Å². The summed E-state index contributed by atoms with van der Waals surface area (Å²) in [6, 6.07) is 18.1. The Labute approximate surface area is 158 Å². The molecule has 2 aromatic carbocycles. The fourth-order valence-electron chi connectivity index (χ4n) is 2.73. The fourth-order valence-corrected chi connectivity index (χ4v) is 3.25. The molecule has 0 fully saturated rings. The third kappa shape index (κ3) is 5.29. The van der Waals surface area contributed by atoms with Crippen molar-refractivity contribution < 1.29 is 13.2 Å². The Morgan fingerprint density at radius 3 is 2.11 bits per heavy atom. The van der Waals surface area contributed by atoms with Gasteiger partial charge in [-0.15, -0.1) is 0 Å².